The van der Waals surface area contributed by atoms with Crippen molar-refractivity contribution < 1.29 is 9.47 Å². The second-order valence-electron chi connectivity index (χ2n) is 6.14. The molecule has 0 saturated heterocycles. The monoisotopic (exact) mass is 379 g/mol. The third-order valence-corrected chi connectivity index (χ3v) is 6.19. The first kappa shape index (κ1) is 19.3. The fraction of sp³-hybridized carbons (Fsp3) is 0.217. The van der Waals surface area contributed by atoms with Gasteiger partial charge in [-0.05, 0) is 41.0 Å². The Morgan fingerprint density at radius 1 is 0.704 bits per heavy atom. The molecule has 3 aromatic rings. The largest absolute Gasteiger partial charge is 0.497 e. The number of ether oxygens (including phenoxy) is 2. The van der Waals surface area contributed by atoms with Crippen molar-refractivity contribution in [3.63, 3.8) is 0 Å². The lowest BCUT2D eigenvalue weighted by Gasteiger charge is -2.35. The standard InChI is InChI=1S/C23H25NO2S/c1-25-21-12-8-19(9-13-21)23(27-17-16-24,18-6-4-3-5-7-18)20-10-14-22(26-2)15-11-20/h3-15H,16-17,24H2,1-2H3. The van der Waals surface area contributed by atoms with Crippen LogP contribution in [0.15, 0.2) is 78.9 Å². The molecule has 4 heteroatoms. The first-order valence-corrected chi connectivity index (χ1v) is 9.91. The highest BCUT2D eigenvalue weighted by atomic mass is 32.2. The molecular weight excluding hydrogens is 354 g/mol. The summed E-state index contributed by atoms with van der Waals surface area (Å²) in [6.07, 6.45) is 0. The Bertz CT molecular complexity index is 785. The third kappa shape index (κ3) is 3.97. The molecule has 3 nitrogen and oxygen atoms in total. The van der Waals surface area contributed by atoms with E-state index in [4.69, 9.17) is 15.2 Å². The van der Waals surface area contributed by atoms with Crippen molar-refractivity contribution in [1.29, 1.82) is 0 Å². The van der Waals surface area contributed by atoms with Gasteiger partial charge >= 0.3 is 0 Å². The quantitative estimate of drug-likeness (QED) is 0.577. The molecule has 0 radical (unpaired) electrons. The van der Waals surface area contributed by atoms with Crippen molar-refractivity contribution in [2.75, 3.05) is 26.5 Å². The van der Waals surface area contributed by atoms with E-state index in [1.54, 1.807) is 14.2 Å². The van der Waals surface area contributed by atoms with E-state index in [1.807, 2.05) is 42.1 Å². The molecule has 3 rings (SSSR count). The molecule has 0 aromatic heterocycles. The van der Waals surface area contributed by atoms with Crippen LogP contribution < -0.4 is 15.2 Å². The SMILES string of the molecule is COc1ccc(C(SCCN)(c2ccccc2)c2ccc(OC)cc2)cc1. The van der Waals surface area contributed by atoms with E-state index in [2.05, 4.69) is 48.5 Å². The van der Waals surface area contributed by atoms with Crippen molar-refractivity contribution in [2.24, 2.45) is 5.73 Å². The van der Waals surface area contributed by atoms with Crippen LogP contribution >= 0.6 is 11.8 Å². The van der Waals surface area contributed by atoms with Crippen LogP contribution in [0.25, 0.3) is 0 Å². The molecule has 0 amide bonds. The van der Waals surface area contributed by atoms with E-state index in [1.165, 1.54) is 16.7 Å². The maximum atomic E-state index is 5.90. The van der Waals surface area contributed by atoms with Gasteiger partial charge in [-0.2, -0.15) is 0 Å². The van der Waals surface area contributed by atoms with Crippen LogP contribution in [0.1, 0.15) is 16.7 Å². The van der Waals surface area contributed by atoms with Crippen LogP contribution in [0.4, 0.5) is 0 Å². The predicted octanol–water partition coefficient (Wildman–Crippen LogP) is 4.69. The molecule has 0 aliphatic rings. The summed E-state index contributed by atoms with van der Waals surface area (Å²) in [4.78, 5) is 0. The summed E-state index contributed by atoms with van der Waals surface area (Å²) in [6.45, 7) is 0.617. The summed E-state index contributed by atoms with van der Waals surface area (Å²) < 4.78 is 10.4. The molecule has 3 aromatic carbocycles. The van der Waals surface area contributed by atoms with Gasteiger partial charge in [0.05, 0.1) is 19.0 Å². The van der Waals surface area contributed by atoms with E-state index in [0.29, 0.717) is 6.54 Å². The van der Waals surface area contributed by atoms with Crippen molar-refractivity contribution >= 4 is 11.8 Å². The van der Waals surface area contributed by atoms with Crippen molar-refractivity contribution in [2.45, 2.75) is 4.75 Å². The molecule has 0 aliphatic carbocycles. The normalized spacial score (nSPS) is 11.2. The Morgan fingerprint density at radius 2 is 1.15 bits per heavy atom. The fourth-order valence-corrected chi connectivity index (χ4v) is 4.62. The van der Waals surface area contributed by atoms with Crippen LogP contribution in [0.2, 0.25) is 0 Å². The number of hydrogen-bond acceptors (Lipinski definition) is 4. The Morgan fingerprint density at radius 3 is 1.56 bits per heavy atom. The van der Waals surface area contributed by atoms with E-state index >= 15 is 0 Å². The molecule has 0 spiro atoms. The number of hydrogen-bond donors (Lipinski definition) is 1. The Kier molecular flexibility index (Phi) is 6.43. The van der Waals surface area contributed by atoms with Crippen LogP contribution in [0, 0.1) is 0 Å². The van der Waals surface area contributed by atoms with Crippen LogP contribution in [0.5, 0.6) is 11.5 Å². The smallest absolute Gasteiger partial charge is 0.118 e. The lowest BCUT2D eigenvalue weighted by atomic mass is 9.84. The maximum absolute atomic E-state index is 5.90. The van der Waals surface area contributed by atoms with Crippen molar-refractivity contribution in [3.05, 3.63) is 95.6 Å². The Labute approximate surface area is 165 Å². The first-order valence-electron chi connectivity index (χ1n) is 8.93. The highest BCUT2D eigenvalue weighted by Gasteiger charge is 2.36. The number of rotatable bonds is 8. The van der Waals surface area contributed by atoms with Gasteiger partial charge in [0.2, 0.25) is 0 Å². The summed E-state index contributed by atoms with van der Waals surface area (Å²) in [5.41, 5.74) is 9.51. The minimum absolute atomic E-state index is 0.362. The van der Waals surface area contributed by atoms with Gasteiger partial charge in [-0.3, -0.25) is 0 Å². The molecule has 0 fully saturated rings. The van der Waals surface area contributed by atoms with Gasteiger partial charge in [0.1, 0.15) is 11.5 Å². The molecule has 0 saturated carbocycles. The average Bonchev–Trinajstić information content (AvgIpc) is 2.76. The maximum Gasteiger partial charge on any atom is 0.118 e. The van der Waals surface area contributed by atoms with Crippen LogP contribution in [-0.2, 0) is 4.75 Å². The molecule has 0 unspecified atom stereocenters. The average molecular weight is 380 g/mol. The zero-order chi connectivity index (χ0) is 19.1. The van der Waals surface area contributed by atoms with Gasteiger partial charge in [0.15, 0.2) is 0 Å². The third-order valence-electron chi connectivity index (χ3n) is 4.61. The second kappa shape index (κ2) is 8.98. The fourth-order valence-electron chi connectivity index (χ4n) is 3.29. The van der Waals surface area contributed by atoms with E-state index in [0.717, 1.165) is 17.3 Å². The van der Waals surface area contributed by atoms with Crippen molar-refractivity contribution in [1.82, 2.24) is 0 Å². The van der Waals surface area contributed by atoms with Crippen LogP contribution in [-0.4, -0.2) is 26.5 Å². The molecule has 2 N–H and O–H groups in total. The summed E-state index contributed by atoms with van der Waals surface area (Å²) in [5.74, 6) is 2.53. The highest BCUT2D eigenvalue weighted by Crippen LogP contribution is 2.48. The summed E-state index contributed by atoms with van der Waals surface area (Å²) in [7, 11) is 3.37. The first-order chi connectivity index (χ1) is 13.2. The molecule has 0 aliphatic heterocycles. The Hall–Kier alpha value is -2.43. The van der Waals surface area contributed by atoms with Crippen molar-refractivity contribution in [3.8, 4) is 11.5 Å². The molecular formula is C23H25NO2S. The van der Waals surface area contributed by atoms with Gasteiger partial charge in [0, 0.05) is 12.3 Å². The van der Waals surface area contributed by atoms with Gasteiger partial charge in [0.25, 0.3) is 0 Å². The number of methoxy groups -OCH3 is 2. The lowest BCUT2D eigenvalue weighted by molar-refractivity contribution is 0.414. The number of thioether (sulfide) groups is 1. The Balaban J connectivity index is 2.22. The van der Waals surface area contributed by atoms with E-state index < -0.39 is 0 Å². The summed E-state index contributed by atoms with van der Waals surface area (Å²) in [5, 5.41) is 0. The minimum atomic E-state index is -0.362. The van der Waals surface area contributed by atoms with Crippen LogP contribution in [0.3, 0.4) is 0 Å². The summed E-state index contributed by atoms with van der Waals surface area (Å²) in [6, 6.07) is 27.2. The summed E-state index contributed by atoms with van der Waals surface area (Å²) >= 11 is 1.85. The number of nitrogens with two attached hydrogens (primary N) is 1. The zero-order valence-electron chi connectivity index (χ0n) is 15.7. The second-order valence-corrected chi connectivity index (χ2v) is 7.45. The van der Waals surface area contributed by atoms with Gasteiger partial charge < -0.3 is 15.2 Å². The molecule has 140 valence electrons. The number of benzene rings is 3. The topological polar surface area (TPSA) is 44.5 Å². The van der Waals surface area contributed by atoms with Gasteiger partial charge in [-0.15, -0.1) is 11.8 Å². The molecule has 0 atom stereocenters. The zero-order valence-corrected chi connectivity index (χ0v) is 16.5. The van der Waals surface area contributed by atoms with E-state index in [9.17, 15) is 0 Å². The van der Waals surface area contributed by atoms with E-state index in [-0.39, 0.29) is 4.75 Å². The lowest BCUT2D eigenvalue weighted by Crippen LogP contribution is -2.27. The predicted molar refractivity (Wildman–Crippen MR) is 114 cm³/mol. The highest BCUT2D eigenvalue weighted by molar-refractivity contribution is 8.00. The van der Waals surface area contributed by atoms with Gasteiger partial charge in [-0.25, -0.2) is 0 Å². The van der Waals surface area contributed by atoms with Gasteiger partial charge in [-0.1, -0.05) is 54.6 Å². The molecule has 27 heavy (non-hydrogen) atoms. The molecule has 0 heterocycles. The molecule has 0 bridgehead atoms. The minimum Gasteiger partial charge on any atom is -0.497 e.